The molecule has 1 fully saturated rings. The van der Waals surface area contributed by atoms with Crippen molar-refractivity contribution in [2.75, 3.05) is 6.61 Å². The quantitative estimate of drug-likeness (QED) is 0.475. The van der Waals surface area contributed by atoms with E-state index in [0.29, 0.717) is 5.92 Å². The van der Waals surface area contributed by atoms with Gasteiger partial charge < -0.3 is 4.89 Å². The Bertz CT molecular complexity index is 182. The number of allylic oxidation sites excluding steroid dienone is 4. The molecule has 2 rings (SSSR count). The van der Waals surface area contributed by atoms with Crippen LogP contribution in [0.3, 0.4) is 0 Å². The van der Waals surface area contributed by atoms with E-state index in [1.165, 1.54) is 0 Å². The first kappa shape index (κ1) is 5.98. The highest BCUT2D eigenvalue weighted by molar-refractivity contribution is 5.16. The first-order valence-corrected chi connectivity index (χ1v) is 3.63. The van der Waals surface area contributed by atoms with Gasteiger partial charge in [-0.25, -0.2) is 0 Å². The molecule has 0 aromatic rings. The molecule has 2 nitrogen and oxygen atoms in total. The molecule has 0 aromatic heterocycles. The summed E-state index contributed by atoms with van der Waals surface area (Å²) in [5.74, 6) is 1.58. The minimum atomic E-state index is 0.582. The maximum Gasteiger partial charge on any atom is 0.145 e. The number of fused-ring (bicyclic) bond motifs is 1. The molecule has 1 heterocycles. The van der Waals surface area contributed by atoms with Gasteiger partial charge in [-0.15, -0.1) is 0 Å². The molecule has 0 bridgehead atoms. The van der Waals surface area contributed by atoms with E-state index in [4.69, 9.17) is 9.78 Å². The first-order chi connectivity index (χ1) is 4.97. The van der Waals surface area contributed by atoms with Crippen LogP contribution in [-0.4, -0.2) is 6.61 Å². The molecule has 1 unspecified atom stereocenters. The Morgan fingerprint density at radius 1 is 1.50 bits per heavy atom. The van der Waals surface area contributed by atoms with E-state index in [2.05, 4.69) is 6.08 Å². The molecule has 0 saturated carbocycles. The fourth-order valence-corrected chi connectivity index (χ4v) is 1.31. The van der Waals surface area contributed by atoms with E-state index >= 15 is 0 Å². The Kier molecular flexibility index (Phi) is 1.47. The van der Waals surface area contributed by atoms with Gasteiger partial charge in [0, 0.05) is 5.92 Å². The highest BCUT2D eigenvalue weighted by atomic mass is 17.2. The van der Waals surface area contributed by atoms with Crippen LogP contribution >= 0.6 is 0 Å². The standard InChI is InChI=1S/C8H10O2/c1-2-4-8-7(3-1)5-6-9-10-8/h1-2,4,7H,3,5-6H2. The van der Waals surface area contributed by atoms with Crippen LogP contribution in [0, 0.1) is 5.92 Å². The summed E-state index contributed by atoms with van der Waals surface area (Å²) in [7, 11) is 0. The van der Waals surface area contributed by atoms with Crippen LogP contribution in [0.15, 0.2) is 24.0 Å². The zero-order valence-corrected chi connectivity index (χ0v) is 5.75. The summed E-state index contributed by atoms with van der Waals surface area (Å²) in [6, 6.07) is 0. The fourth-order valence-electron chi connectivity index (χ4n) is 1.31. The second kappa shape index (κ2) is 2.46. The molecule has 0 aromatic carbocycles. The lowest BCUT2D eigenvalue weighted by atomic mass is 9.95. The number of rotatable bonds is 0. The van der Waals surface area contributed by atoms with Crippen LogP contribution in [-0.2, 0) is 9.78 Å². The average Bonchev–Trinajstić information content (AvgIpc) is 2.05. The average molecular weight is 138 g/mol. The predicted molar refractivity (Wildman–Crippen MR) is 37.0 cm³/mol. The van der Waals surface area contributed by atoms with Crippen molar-refractivity contribution in [3.63, 3.8) is 0 Å². The van der Waals surface area contributed by atoms with E-state index < -0.39 is 0 Å². The largest absolute Gasteiger partial charge is 0.342 e. The van der Waals surface area contributed by atoms with E-state index in [1.807, 2.05) is 12.2 Å². The van der Waals surface area contributed by atoms with Crippen molar-refractivity contribution in [3.05, 3.63) is 24.0 Å². The van der Waals surface area contributed by atoms with Crippen LogP contribution in [0.1, 0.15) is 12.8 Å². The maximum absolute atomic E-state index is 4.99. The third kappa shape index (κ3) is 0.948. The summed E-state index contributed by atoms with van der Waals surface area (Å²) < 4.78 is 0. The Morgan fingerprint density at radius 2 is 2.50 bits per heavy atom. The van der Waals surface area contributed by atoms with Crippen LogP contribution in [0.5, 0.6) is 0 Å². The van der Waals surface area contributed by atoms with Crippen LogP contribution in [0.25, 0.3) is 0 Å². The summed E-state index contributed by atoms with van der Waals surface area (Å²) in [6.07, 6.45) is 8.36. The SMILES string of the molecule is C1=CCC2CCOOC2=C1. The molecule has 1 aliphatic carbocycles. The van der Waals surface area contributed by atoms with Crippen molar-refractivity contribution in [2.24, 2.45) is 5.92 Å². The summed E-state index contributed by atoms with van der Waals surface area (Å²) in [4.78, 5) is 9.83. The van der Waals surface area contributed by atoms with Gasteiger partial charge >= 0.3 is 0 Å². The highest BCUT2D eigenvalue weighted by Gasteiger charge is 2.21. The summed E-state index contributed by atoms with van der Waals surface area (Å²) in [5, 5.41) is 0. The van der Waals surface area contributed by atoms with E-state index in [9.17, 15) is 0 Å². The van der Waals surface area contributed by atoms with Crippen molar-refractivity contribution in [2.45, 2.75) is 12.8 Å². The molecular formula is C8H10O2. The van der Waals surface area contributed by atoms with E-state index in [0.717, 1.165) is 25.2 Å². The van der Waals surface area contributed by atoms with Gasteiger partial charge in [0.05, 0.1) is 6.61 Å². The van der Waals surface area contributed by atoms with Gasteiger partial charge in [0.25, 0.3) is 0 Å². The highest BCUT2D eigenvalue weighted by Crippen LogP contribution is 2.28. The van der Waals surface area contributed by atoms with Gasteiger partial charge in [0.2, 0.25) is 0 Å². The summed E-state index contributed by atoms with van der Waals surface area (Å²) in [6.45, 7) is 0.732. The molecule has 54 valence electrons. The maximum atomic E-state index is 4.99. The second-order valence-corrected chi connectivity index (χ2v) is 2.62. The molecule has 1 atom stereocenters. The van der Waals surface area contributed by atoms with Gasteiger partial charge in [-0.1, -0.05) is 12.2 Å². The van der Waals surface area contributed by atoms with Crippen molar-refractivity contribution < 1.29 is 9.78 Å². The molecule has 10 heavy (non-hydrogen) atoms. The van der Waals surface area contributed by atoms with Gasteiger partial charge in [-0.05, 0) is 18.9 Å². The van der Waals surface area contributed by atoms with Crippen molar-refractivity contribution in [1.29, 1.82) is 0 Å². The Morgan fingerprint density at radius 3 is 3.40 bits per heavy atom. The fraction of sp³-hybridized carbons (Fsp3) is 0.500. The van der Waals surface area contributed by atoms with Crippen molar-refractivity contribution >= 4 is 0 Å². The molecule has 2 heteroatoms. The lowest BCUT2D eigenvalue weighted by molar-refractivity contribution is -0.288. The molecule has 0 radical (unpaired) electrons. The third-order valence-electron chi connectivity index (χ3n) is 1.92. The molecule has 0 spiro atoms. The summed E-state index contributed by atoms with van der Waals surface area (Å²) in [5.41, 5.74) is 0. The normalized spacial score (nSPS) is 30.4. The second-order valence-electron chi connectivity index (χ2n) is 2.62. The van der Waals surface area contributed by atoms with E-state index in [-0.39, 0.29) is 0 Å². The predicted octanol–water partition coefficient (Wildman–Crippen LogP) is 1.80. The number of hydrogen-bond acceptors (Lipinski definition) is 2. The lowest BCUT2D eigenvalue weighted by Crippen LogP contribution is -2.17. The van der Waals surface area contributed by atoms with Crippen LogP contribution in [0.4, 0.5) is 0 Å². The molecule has 0 amide bonds. The van der Waals surface area contributed by atoms with Gasteiger partial charge in [-0.3, -0.25) is 0 Å². The van der Waals surface area contributed by atoms with Crippen molar-refractivity contribution in [1.82, 2.24) is 0 Å². The van der Waals surface area contributed by atoms with Crippen LogP contribution in [0.2, 0.25) is 0 Å². The Hall–Kier alpha value is -0.760. The zero-order chi connectivity index (χ0) is 6.81. The van der Waals surface area contributed by atoms with Gasteiger partial charge in [-0.2, -0.15) is 4.89 Å². The summed E-state index contributed by atoms with van der Waals surface area (Å²) >= 11 is 0. The minimum Gasteiger partial charge on any atom is -0.342 e. The monoisotopic (exact) mass is 138 g/mol. The molecule has 2 aliphatic rings. The van der Waals surface area contributed by atoms with Crippen molar-refractivity contribution in [3.8, 4) is 0 Å². The third-order valence-corrected chi connectivity index (χ3v) is 1.92. The lowest BCUT2D eigenvalue weighted by Gasteiger charge is -2.24. The molecule has 1 aliphatic heterocycles. The smallest absolute Gasteiger partial charge is 0.145 e. The molecule has 1 saturated heterocycles. The van der Waals surface area contributed by atoms with Gasteiger partial charge in [0.15, 0.2) is 0 Å². The minimum absolute atomic E-state index is 0.582. The zero-order valence-electron chi connectivity index (χ0n) is 5.75. The Balaban J connectivity index is 2.14. The van der Waals surface area contributed by atoms with Gasteiger partial charge in [0.1, 0.15) is 5.76 Å². The molecular weight excluding hydrogens is 128 g/mol. The first-order valence-electron chi connectivity index (χ1n) is 3.63. The number of hydrogen-bond donors (Lipinski definition) is 0. The Labute approximate surface area is 60.1 Å². The topological polar surface area (TPSA) is 18.5 Å². The van der Waals surface area contributed by atoms with E-state index in [1.54, 1.807) is 0 Å². The molecule has 0 N–H and O–H groups in total. The van der Waals surface area contributed by atoms with Crippen LogP contribution < -0.4 is 0 Å².